The van der Waals surface area contributed by atoms with Crippen molar-refractivity contribution in [3.63, 3.8) is 0 Å². The van der Waals surface area contributed by atoms with Crippen molar-refractivity contribution in [3.05, 3.63) is 121 Å². The maximum atomic E-state index is 13.4. The third kappa shape index (κ3) is 11.8. The Labute approximate surface area is 310 Å². The number of fused-ring (bicyclic) bond motifs is 3. The Morgan fingerprint density at radius 2 is 1.52 bits per heavy atom. The average Bonchev–Trinajstić information content (AvgIpc) is 3.47. The highest BCUT2D eigenvalue weighted by molar-refractivity contribution is 7.98. The number of carbonyl (C=O) groups is 4. The van der Waals surface area contributed by atoms with E-state index in [-0.39, 0.29) is 56.8 Å². The summed E-state index contributed by atoms with van der Waals surface area (Å²) in [6, 6.07) is 23.9. The fourth-order valence-corrected chi connectivity index (χ4v) is 7.04. The number of alkyl carbamates (subject to hydrolysis) is 1. The number of benzene rings is 3. The number of aliphatic hydroxyl groups excluding tert-OH is 1. The molecule has 0 unspecified atom stereocenters. The second kappa shape index (κ2) is 20.8. The minimum absolute atomic E-state index is 0.0959. The maximum Gasteiger partial charge on any atom is 0.407 e. The highest BCUT2D eigenvalue weighted by Crippen LogP contribution is 2.44. The van der Waals surface area contributed by atoms with Crippen LogP contribution in [0.1, 0.15) is 55.2 Å². The van der Waals surface area contributed by atoms with E-state index in [0.29, 0.717) is 17.9 Å². The Morgan fingerprint density at radius 1 is 0.865 bits per heavy atom. The van der Waals surface area contributed by atoms with Gasteiger partial charge in [-0.3, -0.25) is 9.59 Å². The SMILES string of the molecule is C=CCC[C@H](NC(=O)OCC1c2ccccc2-c2ccccc21)C(=O)OC[C@H](CSCc1ccccc1)NC(=O)[C@H](CC=C)CC(=O)N[C@H](C)CO. The third-order valence-corrected chi connectivity index (χ3v) is 9.89. The van der Waals surface area contributed by atoms with Crippen molar-refractivity contribution in [2.24, 2.45) is 5.92 Å². The summed E-state index contributed by atoms with van der Waals surface area (Å²) in [7, 11) is 0. The van der Waals surface area contributed by atoms with Crippen LogP contribution in [0, 0.1) is 5.92 Å². The predicted octanol–water partition coefficient (Wildman–Crippen LogP) is 5.90. The number of amides is 3. The summed E-state index contributed by atoms with van der Waals surface area (Å²) in [5.41, 5.74) is 5.48. The Balaban J connectivity index is 1.38. The quantitative estimate of drug-likeness (QED) is 0.0785. The number of thioether (sulfide) groups is 1. The summed E-state index contributed by atoms with van der Waals surface area (Å²) in [4.78, 5) is 52.5. The van der Waals surface area contributed by atoms with Gasteiger partial charge in [-0.1, -0.05) is 91.0 Å². The highest BCUT2D eigenvalue weighted by atomic mass is 32.2. The Hall–Kier alpha value is -4.87. The molecule has 1 aliphatic rings. The normalized spacial score (nSPS) is 14.0. The number of hydrogen-bond acceptors (Lipinski definition) is 8. The summed E-state index contributed by atoms with van der Waals surface area (Å²) in [5, 5.41) is 17.6. The van der Waals surface area contributed by atoms with Gasteiger partial charge in [-0.2, -0.15) is 11.8 Å². The standard InChI is InChI=1S/C41H49N3O7S/c1-4-6-21-37(44-41(49)51-25-36-34-19-12-10-17-32(34)33-18-11-13-20-35(33)36)40(48)50-24-31(27-52-26-29-15-8-7-9-16-29)43-39(47)30(14-5-2)22-38(46)42-28(3)23-45/h4-5,7-13,15-20,28,30-31,36-37,45H,1-2,6,14,21-27H2,3H3,(H,42,46)(H,43,47)(H,44,49)/t28-,30-,31-,37+/m1/s1. The molecule has 0 aromatic heterocycles. The van der Waals surface area contributed by atoms with Crippen LogP contribution in [0.2, 0.25) is 0 Å². The molecule has 3 aromatic carbocycles. The molecule has 0 saturated carbocycles. The van der Waals surface area contributed by atoms with Gasteiger partial charge in [0, 0.05) is 29.9 Å². The molecule has 0 heterocycles. The topological polar surface area (TPSA) is 143 Å². The van der Waals surface area contributed by atoms with E-state index in [0.717, 1.165) is 27.8 Å². The van der Waals surface area contributed by atoms with Crippen molar-refractivity contribution in [1.82, 2.24) is 16.0 Å². The molecule has 276 valence electrons. The van der Waals surface area contributed by atoms with Crippen LogP contribution in [0.3, 0.4) is 0 Å². The van der Waals surface area contributed by atoms with Gasteiger partial charge in [-0.05, 0) is 54.0 Å². The zero-order chi connectivity index (χ0) is 37.3. The summed E-state index contributed by atoms with van der Waals surface area (Å²) in [6.45, 7) is 8.87. The lowest BCUT2D eigenvalue weighted by molar-refractivity contribution is -0.147. The Kier molecular flexibility index (Phi) is 16.0. The zero-order valence-electron chi connectivity index (χ0n) is 29.6. The van der Waals surface area contributed by atoms with Gasteiger partial charge in [-0.15, -0.1) is 13.2 Å². The van der Waals surface area contributed by atoms with Gasteiger partial charge in [-0.25, -0.2) is 9.59 Å². The van der Waals surface area contributed by atoms with E-state index in [1.54, 1.807) is 30.8 Å². The lowest BCUT2D eigenvalue weighted by atomic mass is 9.98. The Morgan fingerprint density at radius 3 is 2.15 bits per heavy atom. The van der Waals surface area contributed by atoms with Crippen LogP contribution in [0.25, 0.3) is 11.1 Å². The molecule has 11 heteroatoms. The fraction of sp³-hybridized carbons (Fsp3) is 0.366. The minimum Gasteiger partial charge on any atom is -0.462 e. The van der Waals surface area contributed by atoms with Gasteiger partial charge in [0.1, 0.15) is 19.3 Å². The zero-order valence-corrected chi connectivity index (χ0v) is 30.4. The van der Waals surface area contributed by atoms with Crippen molar-refractivity contribution in [2.75, 3.05) is 25.6 Å². The van der Waals surface area contributed by atoms with E-state index >= 15 is 0 Å². The molecule has 4 atom stereocenters. The maximum absolute atomic E-state index is 13.4. The van der Waals surface area contributed by atoms with Crippen molar-refractivity contribution >= 4 is 35.6 Å². The van der Waals surface area contributed by atoms with Crippen LogP contribution in [-0.2, 0) is 29.6 Å². The number of rotatable bonds is 21. The molecule has 3 amide bonds. The smallest absolute Gasteiger partial charge is 0.407 e. The van der Waals surface area contributed by atoms with Gasteiger partial charge < -0.3 is 30.5 Å². The van der Waals surface area contributed by atoms with E-state index in [2.05, 4.69) is 41.2 Å². The van der Waals surface area contributed by atoms with E-state index in [9.17, 15) is 24.3 Å². The lowest BCUT2D eigenvalue weighted by Gasteiger charge is -2.24. The second-order valence-electron chi connectivity index (χ2n) is 12.8. The molecule has 1 aliphatic carbocycles. The van der Waals surface area contributed by atoms with Crippen LogP contribution in [-0.4, -0.2) is 72.7 Å². The monoisotopic (exact) mass is 727 g/mol. The van der Waals surface area contributed by atoms with Gasteiger partial charge in [0.15, 0.2) is 0 Å². The number of esters is 1. The van der Waals surface area contributed by atoms with Gasteiger partial charge >= 0.3 is 12.1 Å². The molecule has 10 nitrogen and oxygen atoms in total. The van der Waals surface area contributed by atoms with Crippen molar-refractivity contribution < 1.29 is 33.8 Å². The van der Waals surface area contributed by atoms with Crippen molar-refractivity contribution in [2.45, 2.75) is 62.4 Å². The summed E-state index contributed by atoms with van der Waals surface area (Å²) >= 11 is 1.56. The first-order chi connectivity index (χ1) is 25.2. The molecule has 0 aliphatic heterocycles. The molecular formula is C41H49N3O7S. The van der Waals surface area contributed by atoms with E-state index in [1.807, 2.05) is 66.7 Å². The van der Waals surface area contributed by atoms with Gasteiger partial charge in [0.2, 0.25) is 11.8 Å². The number of ether oxygens (including phenoxy) is 2. The van der Waals surface area contributed by atoms with Crippen LogP contribution < -0.4 is 16.0 Å². The number of allylic oxidation sites excluding steroid dienone is 2. The van der Waals surface area contributed by atoms with E-state index in [1.165, 1.54) is 0 Å². The third-order valence-electron chi connectivity index (χ3n) is 8.72. The first-order valence-corrected chi connectivity index (χ1v) is 18.7. The molecular weight excluding hydrogens is 679 g/mol. The largest absolute Gasteiger partial charge is 0.462 e. The average molecular weight is 728 g/mol. The van der Waals surface area contributed by atoms with Crippen molar-refractivity contribution in [3.8, 4) is 11.1 Å². The molecule has 3 aromatic rings. The first-order valence-electron chi connectivity index (χ1n) is 17.6. The number of aliphatic hydroxyl groups is 1. The van der Waals surface area contributed by atoms with Crippen molar-refractivity contribution in [1.29, 1.82) is 0 Å². The molecule has 4 N–H and O–H groups in total. The number of nitrogens with one attached hydrogen (secondary N) is 3. The fourth-order valence-electron chi connectivity index (χ4n) is 6.03. The van der Waals surface area contributed by atoms with Gasteiger partial charge in [0.05, 0.1) is 18.6 Å². The molecule has 0 radical (unpaired) electrons. The number of carbonyl (C=O) groups excluding carboxylic acids is 4. The second-order valence-corrected chi connectivity index (χ2v) is 13.8. The molecule has 0 fully saturated rings. The summed E-state index contributed by atoms with van der Waals surface area (Å²) in [6.07, 6.45) is 3.33. The molecule has 0 spiro atoms. The van der Waals surface area contributed by atoms with Crippen LogP contribution in [0.5, 0.6) is 0 Å². The van der Waals surface area contributed by atoms with Gasteiger partial charge in [0.25, 0.3) is 0 Å². The minimum atomic E-state index is -1.01. The first kappa shape index (κ1) is 39.9. The highest BCUT2D eigenvalue weighted by Gasteiger charge is 2.31. The summed E-state index contributed by atoms with van der Waals surface area (Å²) < 4.78 is 11.4. The molecule has 4 rings (SSSR count). The molecule has 0 saturated heterocycles. The molecule has 52 heavy (non-hydrogen) atoms. The van der Waals surface area contributed by atoms with E-state index in [4.69, 9.17) is 9.47 Å². The Bertz CT molecular complexity index is 1620. The van der Waals surface area contributed by atoms with Crippen LogP contribution in [0.15, 0.2) is 104 Å². The number of hydrogen-bond donors (Lipinski definition) is 4. The predicted molar refractivity (Wildman–Crippen MR) is 205 cm³/mol. The van der Waals surface area contributed by atoms with E-state index < -0.39 is 36.1 Å². The summed E-state index contributed by atoms with van der Waals surface area (Å²) in [5.74, 6) is -1.17. The lowest BCUT2D eigenvalue weighted by Crippen LogP contribution is -2.47. The van der Waals surface area contributed by atoms with Crippen LogP contribution in [0.4, 0.5) is 4.79 Å². The van der Waals surface area contributed by atoms with Crippen LogP contribution >= 0.6 is 11.8 Å². The molecule has 0 bridgehead atoms.